The van der Waals surface area contributed by atoms with Gasteiger partial charge in [-0.1, -0.05) is 22.9 Å². The molecule has 2 aromatic rings. The van der Waals surface area contributed by atoms with E-state index in [1.165, 1.54) is 11.3 Å². The van der Waals surface area contributed by atoms with Gasteiger partial charge in [0.25, 0.3) is 5.89 Å². The lowest BCUT2D eigenvalue weighted by Gasteiger charge is -1.81. The summed E-state index contributed by atoms with van der Waals surface area (Å²) in [5.41, 5.74) is 0. The molecule has 62 valence electrons. The molecule has 0 amide bonds. The maximum atomic E-state index is 5.63. The summed E-state index contributed by atoms with van der Waals surface area (Å²) >= 11 is 6.95. The van der Waals surface area contributed by atoms with Gasteiger partial charge in [0.2, 0.25) is 5.89 Å². The molecule has 0 aliphatic heterocycles. The van der Waals surface area contributed by atoms with Gasteiger partial charge in [0.05, 0.1) is 6.20 Å². The Bertz CT molecular complexity index is 359. The van der Waals surface area contributed by atoms with Crippen molar-refractivity contribution in [3.8, 4) is 10.8 Å². The zero-order valence-electron chi connectivity index (χ0n) is 6.11. The molecular weight excluding hydrogens is 198 g/mol. The molecule has 2 rings (SSSR count). The predicted molar refractivity (Wildman–Crippen MR) is 45.2 cm³/mol. The summed E-state index contributed by atoms with van der Waals surface area (Å²) < 4.78 is 5.65. The van der Waals surface area contributed by atoms with Crippen molar-refractivity contribution in [2.75, 3.05) is 0 Å². The molecule has 0 spiro atoms. The number of hydrogen-bond donors (Lipinski definition) is 0. The first-order valence-electron chi connectivity index (χ1n) is 3.17. The van der Waals surface area contributed by atoms with Crippen molar-refractivity contribution in [3.05, 3.63) is 16.6 Å². The molecule has 4 nitrogen and oxygen atoms in total. The summed E-state index contributed by atoms with van der Waals surface area (Å²) in [6, 6.07) is 0. The fraction of sp³-hybridized carbons (Fsp3) is 0.167. The molecule has 2 heterocycles. The van der Waals surface area contributed by atoms with Crippen molar-refractivity contribution in [2.24, 2.45) is 0 Å². The maximum absolute atomic E-state index is 5.63. The molecule has 0 atom stereocenters. The van der Waals surface area contributed by atoms with Crippen LogP contribution >= 0.6 is 22.9 Å². The zero-order valence-corrected chi connectivity index (χ0v) is 7.69. The van der Waals surface area contributed by atoms with E-state index in [4.69, 9.17) is 16.0 Å². The van der Waals surface area contributed by atoms with Crippen molar-refractivity contribution >= 4 is 22.9 Å². The molecule has 0 aliphatic carbocycles. The maximum Gasteiger partial charge on any atom is 0.259 e. The van der Waals surface area contributed by atoms with E-state index in [-0.39, 0.29) is 0 Å². The zero-order chi connectivity index (χ0) is 8.55. The first-order valence-corrected chi connectivity index (χ1v) is 4.37. The third kappa shape index (κ3) is 1.33. The van der Waals surface area contributed by atoms with Gasteiger partial charge in [-0.15, -0.1) is 10.2 Å². The van der Waals surface area contributed by atoms with Crippen LogP contribution in [0.5, 0.6) is 0 Å². The van der Waals surface area contributed by atoms with Gasteiger partial charge >= 0.3 is 0 Å². The van der Waals surface area contributed by atoms with Gasteiger partial charge in [0.15, 0.2) is 4.47 Å². The third-order valence-corrected chi connectivity index (χ3v) is 2.32. The molecular formula is C6H4ClN3OS. The summed E-state index contributed by atoms with van der Waals surface area (Å²) in [7, 11) is 0. The lowest BCUT2D eigenvalue weighted by molar-refractivity contribution is 0.534. The monoisotopic (exact) mass is 201 g/mol. The molecule has 2 aromatic heterocycles. The Morgan fingerprint density at radius 2 is 2.33 bits per heavy atom. The summed E-state index contributed by atoms with van der Waals surface area (Å²) in [6.07, 6.45) is 1.61. The van der Waals surface area contributed by atoms with Crippen LogP contribution < -0.4 is 0 Å². The fourth-order valence-corrected chi connectivity index (χ4v) is 1.61. The standard InChI is InChI=1S/C6H4ClN3OS/c1-3-9-10-5(11-3)4-2-8-6(7)12-4/h2H,1H3. The Kier molecular flexibility index (Phi) is 1.82. The van der Waals surface area contributed by atoms with Gasteiger partial charge in [-0.25, -0.2) is 4.98 Å². The Hall–Kier alpha value is -0.940. The highest BCUT2D eigenvalue weighted by atomic mass is 35.5. The van der Waals surface area contributed by atoms with E-state index in [9.17, 15) is 0 Å². The van der Waals surface area contributed by atoms with Gasteiger partial charge in [0.1, 0.15) is 4.88 Å². The molecule has 0 radical (unpaired) electrons. The average Bonchev–Trinajstić information content (AvgIpc) is 2.58. The second kappa shape index (κ2) is 2.84. The Morgan fingerprint density at radius 1 is 1.50 bits per heavy atom. The number of aryl methyl sites for hydroxylation is 1. The van der Waals surface area contributed by atoms with Crippen LogP contribution in [0.15, 0.2) is 10.6 Å². The van der Waals surface area contributed by atoms with Gasteiger partial charge in [-0.2, -0.15) is 0 Å². The van der Waals surface area contributed by atoms with Crippen molar-refractivity contribution < 1.29 is 4.42 Å². The van der Waals surface area contributed by atoms with Crippen LogP contribution in [-0.4, -0.2) is 15.2 Å². The minimum absolute atomic E-state index is 0.469. The highest BCUT2D eigenvalue weighted by Gasteiger charge is 2.08. The van der Waals surface area contributed by atoms with Crippen LogP contribution in [0.3, 0.4) is 0 Å². The SMILES string of the molecule is Cc1nnc(-c2cnc(Cl)s2)o1. The average molecular weight is 202 g/mol. The summed E-state index contributed by atoms with van der Waals surface area (Å²) in [4.78, 5) is 4.65. The van der Waals surface area contributed by atoms with E-state index < -0.39 is 0 Å². The second-order valence-electron chi connectivity index (χ2n) is 2.10. The normalized spacial score (nSPS) is 10.5. The molecule has 0 N–H and O–H groups in total. The topological polar surface area (TPSA) is 51.8 Å². The molecule has 12 heavy (non-hydrogen) atoms. The number of hydrogen-bond acceptors (Lipinski definition) is 5. The van der Waals surface area contributed by atoms with Crippen molar-refractivity contribution in [3.63, 3.8) is 0 Å². The van der Waals surface area contributed by atoms with Crippen LogP contribution in [0.4, 0.5) is 0 Å². The summed E-state index contributed by atoms with van der Waals surface area (Å²) in [5.74, 6) is 1.01. The molecule has 0 aliphatic rings. The number of aromatic nitrogens is 3. The minimum atomic E-state index is 0.469. The summed E-state index contributed by atoms with van der Waals surface area (Å²) in [5, 5.41) is 7.52. The lowest BCUT2D eigenvalue weighted by atomic mass is 10.6. The summed E-state index contributed by atoms with van der Waals surface area (Å²) in [6.45, 7) is 1.74. The Labute approximate surface area is 77.2 Å². The largest absolute Gasteiger partial charge is 0.420 e. The fourth-order valence-electron chi connectivity index (χ4n) is 0.748. The van der Waals surface area contributed by atoms with E-state index in [1.807, 2.05) is 0 Å². The van der Waals surface area contributed by atoms with Crippen molar-refractivity contribution in [2.45, 2.75) is 6.92 Å². The molecule has 0 bridgehead atoms. The Morgan fingerprint density at radius 3 is 2.83 bits per heavy atom. The van der Waals surface area contributed by atoms with Crippen LogP contribution in [0.25, 0.3) is 10.8 Å². The lowest BCUT2D eigenvalue weighted by Crippen LogP contribution is -1.70. The quantitative estimate of drug-likeness (QED) is 0.710. The second-order valence-corrected chi connectivity index (χ2v) is 3.72. The van der Waals surface area contributed by atoms with Gasteiger partial charge in [0, 0.05) is 6.92 Å². The number of rotatable bonds is 1. The smallest absolute Gasteiger partial charge is 0.259 e. The van der Waals surface area contributed by atoms with Gasteiger partial charge in [-0.05, 0) is 0 Å². The molecule has 6 heteroatoms. The number of nitrogens with zero attached hydrogens (tertiary/aromatic N) is 3. The third-order valence-electron chi connectivity index (χ3n) is 1.21. The molecule has 0 aromatic carbocycles. The van der Waals surface area contributed by atoms with E-state index in [0.717, 1.165) is 4.88 Å². The number of halogens is 1. The highest BCUT2D eigenvalue weighted by Crippen LogP contribution is 2.27. The molecule has 0 fully saturated rings. The van der Waals surface area contributed by atoms with Crippen LogP contribution in [-0.2, 0) is 0 Å². The van der Waals surface area contributed by atoms with Gasteiger partial charge < -0.3 is 4.42 Å². The Balaban J connectivity index is 2.43. The molecule has 0 saturated carbocycles. The first-order chi connectivity index (χ1) is 5.75. The van der Waals surface area contributed by atoms with Crippen molar-refractivity contribution in [1.29, 1.82) is 0 Å². The van der Waals surface area contributed by atoms with Crippen molar-refractivity contribution in [1.82, 2.24) is 15.2 Å². The van der Waals surface area contributed by atoms with E-state index in [0.29, 0.717) is 16.2 Å². The van der Waals surface area contributed by atoms with E-state index in [1.54, 1.807) is 13.1 Å². The van der Waals surface area contributed by atoms with Crippen LogP contribution in [0.1, 0.15) is 5.89 Å². The van der Waals surface area contributed by atoms with E-state index in [2.05, 4.69) is 15.2 Å². The van der Waals surface area contributed by atoms with Crippen LogP contribution in [0, 0.1) is 6.92 Å². The highest BCUT2D eigenvalue weighted by molar-refractivity contribution is 7.18. The molecule has 0 saturated heterocycles. The minimum Gasteiger partial charge on any atom is -0.420 e. The van der Waals surface area contributed by atoms with E-state index >= 15 is 0 Å². The predicted octanol–water partition coefficient (Wildman–Crippen LogP) is 2.15. The van der Waals surface area contributed by atoms with Gasteiger partial charge in [-0.3, -0.25) is 0 Å². The number of thiazole rings is 1. The van der Waals surface area contributed by atoms with Crippen LogP contribution in [0.2, 0.25) is 4.47 Å². The molecule has 0 unspecified atom stereocenters. The first kappa shape index (κ1) is 7.70.